The quantitative estimate of drug-likeness (QED) is 0.547. The monoisotopic (exact) mass is 406 g/mol. The summed E-state index contributed by atoms with van der Waals surface area (Å²) in [5.74, 6) is 0.764. The first-order chi connectivity index (χ1) is 14.7. The average Bonchev–Trinajstić information content (AvgIpc) is 3.18. The normalized spacial score (nSPS) is 16.4. The van der Waals surface area contributed by atoms with Gasteiger partial charge in [0.25, 0.3) is 0 Å². The largest absolute Gasteiger partial charge is 0.494 e. The fraction of sp³-hybridized carbons (Fsp3) is 0.400. The number of fused-ring (bicyclic) bond motifs is 1. The Kier molecular flexibility index (Phi) is 6.38. The van der Waals surface area contributed by atoms with E-state index in [4.69, 9.17) is 9.47 Å². The number of ether oxygens (including phenoxy) is 2. The van der Waals surface area contributed by atoms with Crippen LogP contribution in [0.1, 0.15) is 31.9 Å². The van der Waals surface area contributed by atoms with Crippen molar-refractivity contribution >= 4 is 16.9 Å². The van der Waals surface area contributed by atoms with Gasteiger partial charge in [-0.25, -0.2) is 0 Å². The van der Waals surface area contributed by atoms with Crippen LogP contribution >= 0.6 is 0 Å². The minimum absolute atomic E-state index is 0.0769. The fourth-order valence-corrected chi connectivity index (χ4v) is 4.32. The number of nitrogens with zero attached hydrogens (tertiary/aromatic N) is 1. The summed E-state index contributed by atoms with van der Waals surface area (Å²) in [5.41, 5.74) is 1.93. The predicted molar refractivity (Wildman–Crippen MR) is 118 cm³/mol. The van der Waals surface area contributed by atoms with Gasteiger partial charge in [-0.3, -0.25) is 9.69 Å². The maximum Gasteiger partial charge on any atom is 0.312 e. The van der Waals surface area contributed by atoms with Crippen LogP contribution in [0.25, 0.3) is 10.9 Å². The summed E-state index contributed by atoms with van der Waals surface area (Å²) in [6.07, 6.45) is 2.27. The van der Waals surface area contributed by atoms with Gasteiger partial charge in [-0.1, -0.05) is 36.4 Å². The molecular weight excluding hydrogens is 376 g/mol. The maximum atomic E-state index is 12.8. The van der Waals surface area contributed by atoms with Gasteiger partial charge >= 0.3 is 5.97 Å². The fourth-order valence-electron chi connectivity index (χ4n) is 4.32. The number of piperidine rings is 1. The van der Waals surface area contributed by atoms with Crippen LogP contribution in [0.15, 0.2) is 60.7 Å². The zero-order valence-corrected chi connectivity index (χ0v) is 17.6. The number of aromatic amines is 1. The van der Waals surface area contributed by atoms with Crippen molar-refractivity contribution < 1.29 is 14.3 Å². The molecule has 1 aliphatic rings. The van der Waals surface area contributed by atoms with E-state index in [1.54, 1.807) is 0 Å². The number of nitrogens with one attached hydrogen (secondary N) is 1. The molecule has 0 saturated carbocycles. The lowest BCUT2D eigenvalue weighted by Gasteiger charge is -2.39. The smallest absolute Gasteiger partial charge is 0.312 e. The molecule has 2 heterocycles. The number of carbonyl (C=O) groups is 1. The van der Waals surface area contributed by atoms with E-state index in [-0.39, 0.29) is 5.97 Å². The molecule has 0 amide bonds. The first kappa shape index (κ1) is 20.5. The van der Waals surface area contributed by atoms with Crippen molar-refractivity contribution in [1.82, 2.24) is 9.88 Å². The molecule has 1 aliphatic heterocycles. The maximum absolute atomic E-state index is 12.8. The van der Waals surface area contributed by atoms with E-state index in [0.717, 1.165) is 38.2 Å². The zero-order valence-electron chi connectivity index (χ0n) is 17.6. The van der Waals surface area contributed by atoms with Crippen LogP contribution in [0.4, 0.5) is 0 Å². The third-order valence-electron chi connectivity index (χ3n) is 6.09. The molecule has 0 radical (unpaired) electrons. The number of likely N-dealkylation sites (tertiary alicyclic amines) is 1. The van der Waals surface area contributed by atoms with Crippen molar-refractivity contribution in [2.75, 3.05) is 26.3 Å². The lowest BCUT2D eigenvalue weighted by molar-refractivity contribution is -0.159. The molecule has 0 aliphatic carbocycles. The summed E-state index contributed by atoms with van der Waals surface area (Å²) < 4.78 is 11.4. The third-order valence-corrected chi connectivity index (χ3v) is 6.09. The number of para-hydroxylation sites is 2. The van der Waals surface area contributed by atoms with E-state index >= 15 is 0 Å². The minimum Gasteiger partial charge on any atom is -0.494 e. The molecule has 1 fully saturated rings. The van der Waals surface area contributed by atoms with Crippen LogP contribution in [-0.4, -0.2) is 42.2 Å². The average molecular weight is 407 g/mol. The molecule has 30 heavy (non-hydrogen) atoms. The Balaban J connectivity index is 1.37. The Hall–Kier alpha value is -2.79. The van der Waals surface area contributed by atoms with E-state index in [1.165, 1.54) is 16.6 Å². The van der Waals surface area contributed by atoms with Gasteiger partial charge in [0.2, 0.25) is 0 Å². The number of benzene rings is 2. The molecule has 3 aromatic rings. The lowest BCUT2D eigenvalue weighted by atomic mass is 9.75. The van der Waals surface area contributed by atoms with Crippen LogP contribution in [0.2, 0.25) is 0 Å². The topological polar surface area (TPSA) is 54.6 Å². The van der Waals surface area contributed by atoms with Gasteiger partial charge in [0.15, 0.2) is 0 Å². The van der Waals surface area contributed by atoms with Crippen molar-refractivity contribution in [3.8, 4) is 5.75 Å². The Bertz CT molecular complexity index is 926. The van der Waals surface area contributed by atoms with Gasteiger partial charge in [-0.2, -0.15) is 0 Å². The molecule has 0 bridgehead atoms. The Morgan fingerprint density at radius 2 is 1.80 bits per heavy atom. The summed E-state index contributed by atoms with van der Waals surface area (Å²) in [7, 11) is 0. The van der Waals surface area contributed by atoms with E-state index in [9.17, 15) is 4.79 Å². The highest BCUT2D eigenvalue weighted by molar-refractivity contribution is 5.80. The Labute approximate surface area is 178 Å². The molecule has 5 nitrogen and oxygen atoms in total. The van der Waals surface area contributed by atoms with Gasteiger partial charge < -0.3 is 14.5 Å². The molecule has 5 heteroatoms. The van der Waals surface area contributed by atoms with Crippen LogP contribution in [0.3, 0.4) is 0 Å². The Morgan fingerprint density at radius 1 is 1.07 bits per heavy atom. The molecule has 1 aromatic heterocycles. The van der Waals surface area contributed by atoms with Crippen molar-refractivity contribution in [1.29, 1.82) is 0 Å². The number of aromatic nitrogens is 1. The SMILES string of the molecule is CCOC(=O)C1(CCOc2ccccc2)CCN(Cc2cc3ccccc3[nH]2)CC1. The van der Waals surface area contributed by atoms with E-state index < -0.39 is 5.41 Å². The van der Waals surface area contributed by atoms with Crippen LogP contribution in [-0.2, 0) is 16.1 Å². The number of hydrogen-bond acceptors (Lipinski definition) is 4. The Morgan fingerprint density at radius 3 is 2.53 bits per heavy atom. The van der Waals surface area contributed by atoms with Crippen LogP contribution < -0.4 is 4.74 Å². The highest BCUT2D eigenvalue weighted by Crippen LogP contribution is 2.37. The van der Waals surface area contributed by atoms with Crippen molar-refractivity contribution in [2.45, 2.75) is 32.7 Å². The summed E-state index contributed by atoms with van der Waals surface area (Å²) in [4.78, 5) is 18.8. The molecule has 1 N–H and O–H groups in total. The second kappa shape index (κ2) is 9.35. The predicted octanol–water partition coefficient (Wildman–Crippen LogP) is 4.78. The summed E-state index contributed by atoms with van der Waals surface area (Å²) in [6, 6.07) is 20.3. The number of carbonyl (C=O) groups excluding carboxylic acids is 1. The van der Waals surface area contributed by atoms with Gasteiger partial charge in [-0.05, 0) is 68.9 Å². The first-order valence-electron chi connectivity index (χ1n) is 10.8. The summed E-state index contributed by atoms with van der Waals surface area (Å²) in [5, 5.41) is 1.24. The second-order valence-electron chi connectivity index (χ2n) is 8.07. The van der Waals surface area contributed by atoms with Crippen LogP contribution in [0.5, 0.6) is 5.75 Å². The molecule has 158 valence electrons. The number of hydrogen-bond donors (Lipinski definition) is 1. The molecule has 4 rings (SSSR count). The minimum atomic E-state index is -0.457. The molecule has 0 atom stereocenters. The molecular formula is C25H30N2O3. The van der Waals surface area contributed by atoms with Gasteiger partial charge in [0.05, 0.1) is 18.6 Å². The molecule has 2 aromatic carbocycles. The molecule has 0 unspecified atom stereocenters. The van der Waals surface area contributed by atoms with Gasteiger partial charge in [0.1, 0.15) is 5.75 Å². The standard InChI is InChI=1S/C25H30N2O3/c1-2-29-24(28)25(14-17-30-22-9-4-3-5-10-22)12-15-27(16-13-25)19-21-18-20-8-6-7-11-23(20)26-21/h3-11,18,26H,2,12-17,19H2,1H3. The van der Waals surface area contributed by atoms with Crippen LogP contribution in [0, 0.1) is 5.41 Å². The zero-order chi connectivity index (χ0) is 20.8. The van der Waals surface area contributed by atoms with Crippen molar-refractivity contribution in [2.24, 2.45) is 5.41 Å². The molecule has 0 spiro atoms. The lowest BCUT2D eigenvalue weighted by Crippen LogP contribution is -2.45. The van der Waals surface area contributed by atoms with Crippen molar-refractivity contribution in [3.63, 3.8) is 0 Å². The van der Waals surface area contributed by atoms with E-state index in [0.29, 0.717) is 19.6 Å². The summed E-state index contributed by atoms with van der Waals surface area (Å²) >= 11 is 0. The molecule has 1 saturated heterocycles. The first-order valence-corrected chi connectivity index (χ1v) is 10.8. The van der Waals surface area contributed by atoms with Gasteiger partial charge in [-0.15, -0.1) is 0 Å². The van der Waals surface area contributed by atoms with E-state index in [1.807, 2.05) is 37.3 Å². The number of esters is 1. The summed E-state index contributed by atoms with van der Waals surface area (Å²) in [6.45, 7) is 5.42. The van der Waals surface area contributed by atoms with Gasteiger partial charge in [0, 0.05) is 17.8 Å². The van der Waals surface area contributed by atoms with E-state index in [2.05, 4.69) is 40.2 Å². The highest BCUT2D eigenvalue weighted by atomic mass is 16.5. The third kappa shape index (κ3) is 4.68. The number of rotatable bonds is 8. The highest BCUT2D eigenvalue weighted by Gasteiger charge is 2.42. The second-order valence-corrected chi connectivity index (χ2v) is 8.07. The van der Waals surface area contributed by atoms with Crippen molar-refractivity contribution in [3.05, 3.63) is 66.4 Å². The number of H-pyrrole nitrogens is 1.